The van der Waals surface area contributed by atoms with Gasteiger partial charge >= 0.3 is 0 Å². The van der Waals surface area contributed by atoms with Crippen LogP contribution in [-0.4, -0.2) is 45.9 Å². The molecule has 0 heterocycles. The summed E-state index contributed by atoms with van der Waals surface area (Å²) in [5.41, 5.74) is 1.07. The molecule has 1 atom stereocenters. The van der Waals surface area contributed by atoms with Crippen LogP contribution in [0.5, 0.6) is 5.75 Å². The number of guanidine groups is 1. The van der Waals surface area contributed by atoms with E-state index in [1.54, 1.807) is 0 Å². The van der Waals surface area contributed by atoms with Gasteiger partial charge in [0.25, 0.3) is 0 Å². The summed E-state index contributed by atoms with van der Waals surface area (Å²) in [6, 6.07) is 7.80. The van der Waals surface area contributed by atoms with Crippen molar-refractivity contribution in [1.29, 1.82) is 0 Å². The van der Waals surface area contributed by atoms with E-state index in [0.29, 0.717) is 19.0 Å². The van der Waals surface area contributed by atoms with Crippen molar-refractivity contribution >= 4 is 40.0 Å². The minimum atomic E-state index is -3.48. The maximum Gasteiger partial charge on any atom is 0.210 e. The molecule has 0 bridgehead atoms. The normalized spacial score (nSPS) is 12.9. The summed E-state index contributed by atoms with van der Waals surface area (Å²) in [5.74, 6) is 1.23. The van der Waals surface area contributed by atoms with Crippen LogP contribution in [0.15, 0.2) is 29.3 Å². The fourth-order valence-electron chi connectivity index (χ4n) is 1.82. The SMILES string of the molecule is CCNC(=NCC(C)Oc1ccccc1C)NCCS(N)(=O)=O.I. The molecule has 1 unspecified atom stereocenters. The zero-order valence-electron chi connectivity index (χ0n) is 14.3. The summed E-state index contributed by atoms with van der Waals surface area (Å²) >= 11 is 0. The number of benzene rings is 1. The van der Waals surface area contributed by atoms with Gasteiger partial charge in [-0.15, -0.1) is 24.0 Å². The summed E-state index contributed by atoms with van der Waals surface area (Å²) in [7, 11) is -3.48. The number of halogens is 1. The molecule has 4 N–H and O–H groups in total. The van der Waals surface area contributed by atoms with Gasteiger partial charge in [-0.05, 0) is 32.4 Å². The van der Waals surface area contributed by atoms with Crippen molar-refractivity contribution in [3.8, 4) is 5.75 Å². The Kier molecular flexibility index (Phi) is 11.0. The average molecular weight is 470 g/mol. The quantitative estimate of drug-likeness (QED) is 0.301. The number of aryl methyl sites for hydroxylation is 1. The van der Waals surface area contributed by atoms with E-state index in [0.717, 1.165) is 11.3 Å². The zero-order chi connectivity index (χ0) is 17.3. The lowest BCUT2D eigenvalue weighted by molar-refractivity contribution is 0.228. The number of rotatable bonds is 8. The molecule has 1 aromatic rings. The van der Waals surface area contributed by atoms with E-state index in [4.69, 9.17) is 9.88 Å². The highest BCUT2D eigenvalue weighted by molar-refractivity contribution is 14.0. The summed E-state index contributed by atoms with van der Waals surface area (Å²) < 4.78 is 27.7. The second-order valence-corrected chi connectivity index (χ2v) is 6.94. The number of ether oxygens (including phenoxy) is 1. The van der Waals surface area contributed by atoms with Crippen LogP contribution in [0.3, 0.4) is 0 Å². The van der Waals surface area contributed by atoms with Crippen molar-refractivity contribution < 1.29 is 13.2 Å². The number of para-hydroxylation sites is 1. The van der Waals surface area contributed by atoms with Gasteiger partial charge in [0, 0.05) is 13.1 Å². The number of nitrogens with zero attached hydrogens (tertiary/aromatic N) is 1. The Hall–Kier alpha value is -1.07. The molecule has 0 aliphatic carbocycles. The fourth-order valence-corrected chi connectivity index (χ4v) is 2.20. The number of aliphatic imine (C=N–C) groups is 1. The van der Waals surface area contributed by atoms with E-state index in [1.165, 1.54) is 0 Å². The zero-order valence-corrected chi connectivity index (χ0v) is 17.4. The van der Waals surface area contributed by atoms with Gasteiger partial charge in [0.2, 0.25) is 10.0 Å². The highest BCUT2D eigenvalue weighted by Crippen LogP contribution is 2.17. The maximum absolute atomic E-state index is 10.9. The molecule has 0 fully saturated rings. The predicted octanol–water partition coefficient (Wildman–Crippen LogP) is 1.22. The number of nitrogens with one attached hydrogen (secondary N) is 2. The Bertz CT molecular complexity index is 623. The third-order valence-electron chi connectivity index (χ3n) is 2.95. The van der Waals surface area contributed by atoms with Gasteiger partial charge in [0.05, 0.1) is 12.3 Å². The van der Waals surface area contributed by atoms with Crippen molar-refractivity contribution in [3.63, 3.8) is 0 Å². The van der Waals surface area contributed by atoms with E-state index in [1.807, 2.05) is 45.0 Å². The standard InChI is InChI=1S/C15H26N4O3S.HI/c1-4-17-15(18-9-10-23(16,20)21)19-11-13(3)22-14-8-6-5-7-12(14)2;/h5-8,13H,4,9-11H2,1-3H3,(H2,16,20,21)(H2,17,18,19);1H. The Morgan fingerprint density at radius 1 is 1.33 bits per heavy atom. The molecule has 9 heteroatoms. The highest BCUT2D eigenvalue weighted by atomic mass is 127. The van der Waals surface area contributed by atoms with E-state index in [2.05, 4.69) is 15.6 Å². The molecule has 0 aliphatic rings. The summed E-state index contributed by atoms with van der Waals surface area (Å²) in [4.78, 5) is 4.39. The van der Waals surface area contributed by atoms with Crippen molar-refractivity contribution in [2.24, 2.45) is 10.1 Å². The van der Waals surface area contributed by atoms with Crippen molar-refractivity contribution in [2.75, 3.05) is 25.4 Å². The largest absolute Gasteiger partial charge is 0.489 e. The first kappa shape index (κ1) is 22.9. The summed E-state index contributed by atoms with van der Waals surface area (Å²) in [6.45, 7) is 7.18. The molecule has 138 valence electrons. The van der Waals surface area contributed by atoms with Gasteiger partial charge in [-0.2, -0.15) is 0 Å². The minimum absolute atomic E-state index is 0. The van der Waals surface area contributed by atoms with E-state index < -0.39 is 10.0 Å². The lowest BCUT2D eigenvalue weighted by Gasteiger charge is -2.16. The monoisotopic (exact) mass is 470 g/mol. The molecule has 0 spiro atoms. The Morgan fingerprint density at radius 2 is 2.00 bits per heavy atom. The van der Waals surface area contributed by atoms with Crippen molar-refractivity contribution in [1.82, 2.24) is 10.6 Å². The van der Waals surface area contributed by atoms with Crippen LogP contribution < -0.4 is 20.5 Å². The van der Waals surface area contributed by atoms with Gasteiger partial charge in [0.1, 0.15) is 11.9 Å². The number of hydrogen-bond acceptors (Lipinski definition) is 4. The number of nitrogens with two attached hydrogens (primary N) is 1. The van der Waals surface area contributed by atoms with Crippen LogP contribution in [0.2, 0.25) is 0 Å². The van der Waals surface area contributed by atoms with Gasteiger partial charge < -0.3 is 15.4 Å². The molecule has 24 heavy (non-hydrogen) atoms. The minimum Gasteiger partial charge on any atom is -0.489 e. The first-order valence-electron chi connectivity index (χ1n) is 7.56. The van der Waals surface area contributed by atoms with Crippen LogP contribution in [0.4, 0.5) is 0 Å². The van der Waals surface area contributed by atoms with Gasteiger partial charge in [-0.25, -0.2) is 18.5 Å². The first-order valence-corrected chi connectivity index (χ1v) is 9.28. The van der Waals surface area contributed by atoms with Gasteiger partial charge in [0.15, 0.2) is 5.96 Å². The van der Waals surface area contributed by atoms with Crippen LogP contribution in [0.1, 0.15) is 19.4 Å². The molecule has 7 nitrogen and oxygen atoms in total. The maximum atomic E-state index is 10.9. The van der Waals surface area contributed by atoms with Crippen LogP contribution in [0.25, 0.3) is 0 Å². The smallest absolute Gasteiger partial charge is 0.210 e. The molecule has 0 saturated heterocycles. The molecular formula is C15H27IN4O3S. The average Bonchev–Trinajstić information content (AvgIpc) is 2.46. The van der Waals surface area contributed by atoms with E-state index >= 15 is 0 Å². The topological polar surface area (TPSA) is 106 Å². The molecule has 1 aromatic carbocycles. The van der Waals surface area contributed by atoms with Gasteiger partial charge in [-0.1, -0.05) is 18.2 Å². The molecular weight excluding hydrogens is 443 g/mol. The molecule has 0 aliphatic heterocycles. The van der Waals surface area contributed by atoms with Crippen LogP contribution in [-0.2, 0) is 10.0 Å². The number of hydrogen-bond donors (Lipinski definition) is 3. The van der Waals surface area contributed by atoms with Crippen molar-refractivity contribution in [3.05, 3.63) is 29.8 Å². The van der Waals surface area contributed by atoms with E-state index in [-0.39, 0.29) is 42.4 Å². The Morgan fingerprint density at radius 3 is 2.58 bits per heavy atom. The molecule has 0 radical (unpaired) electrons. The number of primary sulfonamides is 1. The summed E-state index contributed by atoms with van der Waals surface area (Å²) in [5, 5.41) is 10.9. The molecule has 0 amide bonds. The molecule has 1 rings (SSSR count). The Balaban J connectivity index is 0.00000529. The van der Waals surface area contributed by atoms with Crippen molar-refractivity contribution in [2.45, 2.75) is 26.9 Å². The summed E-state index contributed by atoms with van der Waals surface area (Å²) in [6.07, 6.45) is -0.107. The third kappa shape index (κ3) is 9.93. The Labute approximate surface area is 161 Å². The second kappa shape index (κ2) is 11.5. The van der Waals surface area contributed by atoms with E-state index in [9.17, 15) is 8.42 Å². The molecule has 0 saturated carbocycles. The van der Waals surface area contributed by atoms with Gasteiger partial charge in [-0.3, -0.25) is 0 Å². The van der Waals surface area contributed by atoms with Crippen LogP contribution >= 0.6 is 24.0 Å². The lowest BCUT2D eigenvalue weighted by atomic mass is 10.2. The first-order chi connectivity index (χ1) is 10.8. The number of sulfonamides is 1. The van der Waals surface area contributed by atoms with Crippen LogP contribution in [0, 0.1) is 6.92 Å². The lowest BCUT2D eigenvalue weighted by Crippen LogP contribution is -2.40. The third-order valence-corrected chi connectivity index (χ3v) is 3.72. The predicted molar refractivity (Wildman–Crippen MR) is 109 cm³/mol. The highest BCUT2D eigenvalue weighted by Gasteiger charge is 2.07. The second-order valence-electron chi connectivity index (χ2n) is 5.21. The fraction of sp³-hybridized carbons (Fsp3) is 0.533. The molecule has 0 aromatic heterocycles.